The molecule has 2 N–H and O–H groups in total. The zero-order valence-electron chi connectivity index (χ0n) is 12.2. The van der Waals surface area contributed by atoms with E-state index in [2.05, 4.69) is 21.8 Å². The summed E-state index contributed by atoms with van der Waals surface area (Å²) in [5, 5.41) is 0. The zero-order chi connectivity index (χ0) is 15.6. The van der Waals surface area contributed by atoms with Gasteiger partial charge in [0.1, 0.15) is 11.6 Å². The molecule has 1 fully saturated rings. The number of nitrogens with zero attached hydrogens (tertiary/aromatic N) is 4. The Morgan fingerprint density at radius 1 is 1.43 bits per heavy atom. The predicted octanol–water partition coefficient (Wildman–Crippen LogP) is 2.00. The number of anilines is 2. The molecule has 0 bridgehead atoms. The number of likely N-dealkylation sites (N-methyl/N-ethyl adjacent to an activating group) is 2. The van der Waals surface area contributed by atoms with Gasteiger partial charge < -0.3 is 10.6 Å². The van der Waals surface area contributed by atoms with Crippen LogP contribution in [0.4, 0.5) is 24.8 Å². The summed E-state index contributed by atoms with van der Waals surface area (Å²) in [5.74, 6) is -1.15. The lowest BCUT2D eigenvalue weighted by atomic mass is 10.2. The molecule has 0 aromatic carbocycles. The van der Waals surface area contributed by atoms with E-state index in [0.717, 1.165) is 25.9 Å². The van der Waals surface area contributed by atoms with Gasteiger partial charge in [0, 0.05) is 25.7 Å². The van der Waals surface area contributed by atoms with Crippen molar-refractivity contribution in [3.63, 3.8) is 0 Å². The van der Waals surface area contributed by atoms with E-state index in [0.29, 0.717) is 12.6 Å². The fraction of sp³-hybridized carbons (Fsp3) is 0.692. The van der Waals surface area contributed by atoms with Gasteiger partial charge in [-0.3, -0.25) is 4.90 Å². The lowest BCUT2D eigenvalue weighted by Gasteiger charge is -2.28. The van der Waals surface area contributed by atoms with Crippen molar-refractivity contribution in [2.24, 2.45) is 0 Å². The van der Waals surface area contributed by atoms with E-state index in [1.165, 1.54) is 6.07 Å². The van der Waals surface area contributed by atoms with Crippen molar-refractivity contribution in [1.29, 1.82) is 0 Å². The molecule has 1 unspecified atom stereocenters. The predicted molar refractivity (Wildman–Crippen MR) is 75.0 cm³/mol. The maximum absolute atomic E-state index is 12.7. The highest BCUT2D eigenvalue weighted by atomic mass is 19.4. The van der Waals surface area contributed by atoms with Crippen molar-refractivity contribution < 1.29 is 13.2 Å². The van der Waals surface area contributed by atoms with Gasteiger partial charge in [-0.1, -0.05) is 6.92 Å². The summed E-state index contributed by atoms with van der Waals surface area (Å²) in [7, 11) is 1.73. The summed E-state index contributed by atoms with van der Waals surface area (Å²) in [5.41, 5.74) is 5.47. The van der Waals surface area contributed by atoms with Crippen molar-refractivity contribution in [3.05, 3.63) is 11.9 Å². The van der Waals surface area contributed by atoms with Gasteiger partial charge in [0.25, 0.3) is 0 Å². The minimum atomic E-state index is -4.59. The first kappa shape index (κ1) is 15.8. The van der Waals surface area contributed by atoms with Crippen LogP contribution in [-0.4, -0.2) is 47.6 Å². The summed E-state index contributed by atoms with van der Waals surface area (Å²) in [6.45, 7) is 4.69. The van der Waals surface area contributed by atoms with Crippen LogP contribution in [0, 0.1) is 0 Å². The van der Waals surface area contributed by atoms with Crippen molar-refractivity contribution in [2.45, 2.75) is 32.0 Å². The fourth-order valence-electron chi connectivity index (χ4n) is 2.70. The van der Waals surface area contributed by atoms with Crippen LogP contribution in [0.5, 0.6) is 0 Å². The molecule has 1 atom stereocenters. The summed E-state index contributed by atoms with van der Waals surface area (Å²) in [4.78, 5) is 10.9. The van der Waals surface area contributed by atoms with E-state index >= 15 is 0 Å². The summed E-state index contributed by atoms with van der Waals surface area (Å²) < 4.78 is 38.2. The molecule has 1 aliphatic rings. The number of nitrogens with two attached hydrogens (primary N) is 1. The Labute approximate surface area is 122 Å². The molecule has 1 saturated heterocycles. The molecule has 1 aromatic rings. The van der Waals surface area contributed by atoms with Gasteiger partial charge in [0.15, 0.2) is 0 Å². The van der Waals surface area contributed by atoms with Gasteiger partial charge in [-0.25, -0.2) is 9.97 Å². The zero-order valence-corrected chi connectivity index (χ0v) is 12.2. The van der Waals surface area contributed by atoms with Crippen molar-refractivity contribution in [1.82, 2.24) is 14.9 Å². The minimum Gasteiger partial charge on any atom is -0.384 e. The standard InChI is InChI=1S/C13H20F3N5/c1-3-21-6-4-5-9(21)8-20(2)11-7-10(17)18-12(19-11)13(14,15)16/h7,9H,3-6,8H2,1-2H3,(H2,17,18,19). The molecule has 0 aliphatic carbocycles. The third kappa shape index (κ3) is 3.75. The molecule has 21 heavy (non-hydrogen) atoms. The number of alkyl halides is 3. The Balaban J connectivity index is 2.15. The molecule has 2 rings (SSSR count). The Bertz CT molecular complexity index is 491. The van der Waals surface area contributed by atoms with E-state index in [4.69, 9.17) is 5.73 Å². The van der Waals surface area contributed by atoms with Crippen molar-refractivity contribution in [3.8, 4) is 0 Å². The van der Waals surface area contributed by atoms with Crippen LogP contribution in [0.15, 0.2) is 6.07 Å². The maximum atomic E-state index is 12.7. The van der Waals surface area contributed by atoms with Crippen LogP contribution >= 0.6 is 0 Å². The second-order valence-electron chi connectivity index (χ2n) is 5.28. The highest BCUT2D eigenvalue weighted by Gasteiger charge is 2.35. The Morgan fingerprint density at radius 3 is 2.76 bits per heavy atom. The maximum Gasteiger partial charge on any atom is 0.451 e. The molecule has 0 spiro atoms. The first-order valence-electron chi connectivity index (χ1n) is 6.98. The molecule has 1 aliphatic heterocycles. The van der Waals surface area contributed by atoms with Gasteiger partial charge in [-0.2, -0.15) is 13.2 Å². The molecule has 0 amide bonds. The monoisotopic (exact) mass is 303 g/mol. The second-order valence-corrected chi connectivity index (χ2v) is 5.28. The minimum absolute atomic E-state index is 0.169. The lowest BCUT2D eigenvalue weighted by Crippen LogP contribution is -2.39. The smallest absolute Gasteiger partial charge is 0.384 e. The molecule has 1 aromatic heterocycles. The second kappa shape index (κ2) is 6.05. The summed E-state index contributed by atoms with van der Waals surface area (Å²) in [6, 6.07) is 1.71. The van der Waals surface area contributed by atoms with Crippen LogP contribution in [0.3, 0.4) is 0 Å². The molecule has 0 radical (unpaired) electrons. The van der Waals surface area contributed by atoms with E-state index in [9.17, 15) is 13.2 Å². The van der Waals surface area contributed by atoms with Crippen molar-refractivity contribution in [2.75, 3.05) is 37.3 Å². The van der Waals surface area contributed by atoms with Gasteiger partial charge in [-0.15, -0.1) is 0 Å². The van der Waals surface area contributed by atoms with Crippen LogP contribution in [0.1, 0.15) is 25.6 Å². The van der Waals surface area contributed by atoms with Gasteiger partial charge in [0.2, 0.25) is 5.82 Å². The van der Waals surface area contributed by atoms with Crippen LogP contribution < -0.4 is 10.6 Å². The summed E-state index contributed by atoms with van der Waals surface area (Å²) >= 11 is 0. The number of aromatic nitrogens is 2. The number of nitrogen functional groups attached to an aromatic ring is 1. The van der Waals surface area contributed by atoms with Crippen LogP contribution in [0.2, 0.25) is 0 Å². The SMILES string of the molecule is CCN1CCCC1CN(C)c1cc(N)nc(C(F)(F)F)n1. The van der Waals surface area contributed by atoms with Crippen LogP contribution in [0.25, 0.3) is 0 Å². The van der Waals surface area contributed by atoms with Gasteiger partial charge in [-0.05, 0) is 25.9 Å². The van der Waals surface area contributed by atoms with E-state index in [1.54, 1.807) is 11.9 Å². The average Bonchev–Trinajstić information content (AvgIpc) is 2.84. The molecular weight excluding hydrogens is 283 g/mol. The fourth-order valence-corrected chi connectivity index (χ4v) is 2.70. The number of likely N-dealkylation sites (tertiary alicyclic amines) is 1. The van der Waals surface area contributed by atoms with E-state index in [-0.39, 0.29) is 11.6 Å². The quantitative estimate of drug-likeness (QED) is 0.922. The molecule has 0 saturated carbocycles. The Kier molecular flexibility index (Phi) is 4.55. The molecule has 8 heteroatoms. The van der Waals surface area contributed by atoms with Crippen LogP contribution in [-0.2, 0) is 6.18 Å². The van der Waals surface area contributed by atoms with E-state index < -0.39 is 12.0 Å². The third-order valence-electron chi connectivity index (χ3n) is 3.77. The lowest BCUT2D eigenvalue weighted by molar-refractivity contribution is -0.144. The number of rotatable bonds is 4. The number of halogens is 3. The molecule has 2 heterocycles. The third-order valence-corrected chi connectivity index (χ3v) is 3.77. The highest BCUT2D eigenvalue weighted by Crippen LogP contribution is 2.28. The average molecular weight is 303 g/mol. The largest absolute Gasteiger partial charge is 0.451 e. The number of hydrogen-bond donors (Lipinski definition) is 1. The molecule has 118 valence electrons. The summed E-state index contributed by atoms with van der Waals surface area (Å²) in [6.07, 6.45) is -2.43. The first-order valence-corrected chi connectivity index (χ1v) is 6.98. The van der Waals surface area contributed by atoms with Gasteiger partial charge >= 0.3 is 6.18 Å². The van der Waals surface area contributed by atoms with Crippen molar-refractivity contribution >= 4 is 11.6 Å². The van der Waals surface area contributed by atoms with E-state index in [1.807, 2.05) is 0 Å². The molecule has 5 nitrogen and oxygen atoms in total. The Hall–Kier alpha value is -1.57. The van der Waals surface area contributed by atoms with Gasteiger partial charge in [0.05, 0.1) is 0 Å². The highest BCUT2D eigenvalue weighted by molar-refractivity contribution is 5.46. The Morgan fingerprint density at radius 2 is 2.14 bits per heavy atom. The number of hydrogen-bond acceptors (Lipinski definition) is 5. The molecular formula is C13H20F3N5. The normalized spacial score (nSPS) is 20.0. The topological polar surface area (TPSA) is 58.3 Å². The first-order chi connectivity index (χ1) is 9.81.